The summed E-state index contributed by atoms with van der Waals surface area (Å²) in [7, 11) is 0. The number of pyridine rings is 2. The molecule has 1 aliphatic carbocycles. The van der Waals surface area contributed by atoms with E-state index in [4.69, 9.17) is 33.0 Å². The Hall–Kier alpha value is -3.23. The fourth-order valence-electron chi connectivity index (χ4n) is 5.82. The number of hydrogen-bond donors (Lipinski definition) is 2. The van der Waals surface area contributed by atoms with Gasteiger partial charge in [-0.25, -0.2) is 15.0 Å². The monoisotopic (exact) mass is 501 g/mol. The first kappa shape index (κ1) is 21.1. The summed E-state index contributed by atoms with van der Waals surface area (Å²) in [5.41, 5.74) is 18.9. The summed E-state index contributed by atoms with van der Waals surface area (Å²) in [4.78, 5) is 18.1. The van der Waals surface area contributed by atoms with Gasteiger partial charge in [-0.1, -0.05) is 29.4 Å². The van der Waals surface area contributed by atoms with Gasteiger partial charge in [-0.3, -0.25) is 4.40 Å². The molecule has 0 atom stereocenters. The Morgan fingerprint density at radius 1 is 0.943 bits per heavy atom. The van der Waals surface area contributed by atoms with Crippen LogP contribution in [0.3, 0.4) is 0 Å². The first-order valence-electron chi connectivity index (χ1n) is 11.8. The fourth-order valence-corrected chi connectivity index (χ4v) is 6.98. The van der Waals surface area contributed by atoms with Crippen molar-refractivity contribution in [1.29, 1.82) is 0 Å². The largest absolute Gasteiger partial charge is 0.399 e. The number of anilines is 3. The highest BCUT2D eigenvalue weighted by atomic mass is 35.5. The normalized spacial score (nSPS) is 17.1. The average molecular weight is 502 g/mol. The Labute approximate surface area is 211 Å². The van der Waals surface area contributed by atoms with E-state index < -0.39 is 0 Å². The number of hydrogen-bond acceptors (Lipinski definition) is 7. The molecule has 35 heavy (non-hydrogen) atoms. The number of nitrogens with zero attached hydrogens (tertiary/aromatic N) is 5. The third-order valence-electron chi connectivity index (χ3n) is 7.63. The third kappa shape index (κ3) is 3.31. The van der Waals surface area contributed by atoms with Crippen LogP contribution in [0.15, 0.2) is 58.6 Å². The van der Waals surface area contributed by atoms with E-state index in [-0.39, 0.29) is 0 Å². The molecular weight excluding hydrogens is 478 g/mol. The van der Waals surface area contributed by atoms with Crippen LogP contribution >= 0.6 is 23.4 Å². The van der Waals surface area contributed by atoms with Gasteiger partial charge in [-0.05, 0) is 72.6 Å². The number of aromatic nitrogens is 4. The van der Waals surface area contributed by atoms with Crippen molar-refractivity contribution in [3.05, 3.63) is 64.9 Å². The first-order valence-corrected chi connectivity index (χ1v) is 13.0. The molecule has 5 heterocycles. The Morgan fingerprint density at radius 2 is 1.77 bits per heavy atom. The van der Waals surface area contributed by atoms with Crippen LogP contribution in [0.2, 0.25) is 5.02 Å². The number of imidazole rings is 2. The Balaban J connectivity index is 1.16. The molecule has 0 saturated carbocycles. The number of nitrogen functional groups attached to an aromatic ring is 2. The zero-order chi connectivity index (χ0) is 23.7. The molecule has 2 aliphatic rings. The zero-order valence-electron chi connectivity index (χ0n) is 19.0. The van der Waals surface area contributed by atoms with E-state index in [0.717, 1.165) is 76.9 Å². The number of piperidine rings is 1. The summed E-state index contributed by atoms with van der Waals surface area (Å²) in [5.74, 6) is 1.36. The van der Waals surface area contributed by atoms with Crippen molar-refractivity contribution in [2.75, 3.05) is 29.5 Å². The highest BCUT2D eigenvalue weighted by molar-refractivity contribution is 7.99. The van der Waals surface area contributed by atoms with Crippen molar-refractivity contribution in [1.82, 2.24) is 19.4 Å². The molecule has 1 aromatic carbocycles. The fraction of sp³-hybridized carbons (Fsp3) is 0.269. The molecule has 4 aromatic heterocycles. The average Bonchev–Trinajstić information content (AvgIpc) is 3.54. The van der Waals surface area contributed by atoms with Crippen molar-refractivity contribution < 1.29 is 0 Å². The van der Waals surface area contributed by atoms with Crippen molar-refractivity contribution in [2.45, 2.75) is 35.5 Å². The minimum atomic E-state index is 0.333. The summed E-state index contributed by atoms with van der Waals surface area (Å²) in [6.45, 7) is 1.99. The molecule has 1 spiro atoms. The number of nitrogens with two attached hydrogens (primary N) is 2. The molecule has 1 saturated heterocycles. The number of halogens is 1. The van der Waals surface area contributed by atoms with Crippen LogP contribution in [-0.2, 0) is 12.8 Å². The zero-order valence-corrected chi connectivity index (χ0v) is 20.6. The number of benzene rings is 1. The highest BCUT2D eigenvalue weighted by Crippen LogP contribution is 2.46. The Morgan fingerprint density at radius 3 is 2.63 bits per heavy atom. The van der Waals surface area contributed by atoms with Crippen LogP contribution in [0.1, 0.15) is 24.0 Å². The molecule has 1 aliphatic heterocycles. The Kier molecular flexibility index (Phi) is 4.60. The molecular formula is C26H24ClN7S. The number of fused-ring (bicyclic) bond motifs is 1. The first-order chi connectivity index (χ1) is 17.0. The van der Waals surface area contributed by atoms with Crippen molar-refractivity contribution in [3.63, 3.8) is 0 Å². The molecule has 176 valence electrons. The predicted molar refractivity (Wildman–Crippen MR) is 142 cm³/mol. The van der Waals surface area contributed by atoms with Gasteiger partial charge in [0.05, 0.1) is 16.1 Å². The maximum atomic E-state index is 6.39. The van der Waals surface area contributed by atoms with Crippen LogP contribution < -0.4 is 16.4 Å². The van der Waals surface area contributed by atoms with E-state index in [0.29, 0.717) is 16.3 Å². The molecule has 5 aromatic rings. The maximum absolute atomic E-state index is 6.39. The molecule has 4 N–H and O–H groups in total. The van der Waals surface area contributed by atoms with E-state index in [1.165, 1.54) is 11.1 Å². The second kappa shape index (κ2) is 7.63. The van der Waals surface area contributed by atoms with Crippen LogP contribution in [0.5, 0.6) is 0 Å². The summed E-state index contributed by atoms with van der Waals surface area (Å²) in [6.07, 6.45) is 8.21. The molecule has 0 bridgehead atoms. The van der Waals surface area contributed by atoms with E-state index in [9.17, 15) is 0 Å². The van der Waals surface area contributed by atoms with Gasteiger partial charge < -0.3 is 16.4 Å². The smallest absolute Gasteiger partial charge is 0.157 e. The van der Waals surface area contributed by atoms with Gasteiger partial charge in [0.1, 0.15) is 17.0 Å². The van der Waals surface area contributed by atoms with Crippen molar-refractivity contribution in [2.24, 2.45) is 5.41 Å². The lowest BCUT2D eigenvalue weighted by Crippen LogP contribution is -2.40. The van der Waals surface area contributed by atoms with E-state index in [2.05, 4.69) is 38.6 Å². The van der Waals surface area contributed by atoms with Gasteiger partial charge in [0, 0.05) is 29.9 Å². The molecule has 7 rings (SSSR count). The van der Waals surface area contributed by atoms with Gasteiger partial charge in [-0.15, -0.1) is 0 Å². The SMILES string of the molecule is Nc1ccc2c(c1)CC1(CCN(c3nc4ccc(Sc5ccnc(N)c5Cl)c5ncc3n45)CC1)C2. The lowest BCUT2D eigenvalue weighted by molar-refractivity contribution is 0.232. The Bertz CT molecular complexity index is 1590. The van der Waals surface area contributed by atoms with Gasteiger partial charge >= 0.3 is 0 Å². The standard InChI is InChI=1S/C26H24ClN7S/c27-22-19(5-8-30-23(22)29)35-20-3-4-21-32-24(18-14-31-25(20)34(18)21)33-9-6-26(7-10-33)12-15-1-2-17(28)11-16(15)13-26/h1-5,8,11,14H,6-7,9-10,12-13,28H2,(H2,29,30). The second-order valence-electron chi connectivity index (χ2n) is 9.77. The molecule has 0 radical (unpaired) electrons. The molecule has 0 amide bonds. The summed E-state index contributed by atoms with van der Waals surface area (Å²) in [6, 6.07) is 12.4. The molecule has 1 fully saturated rings. The summed E-state index contributed by atoms with van der Waals surface area (Å²) in [5, 5.41) is 0.470. The van der Waals surface area contributed by atoms with Crippen molar-refractivity contribution >= 4 is 57.5 Å². The second-order valence-corrected chi connectivity index (χ2v) is 11.2. The van der Waals surface area contributed by atoms with Gasteiger partial charge in [0.25, 0.3) is 0 Å². The lowest BCUT2D eigenvalue weighted by atomic mass is 9.76. The minimum Gasteiger partial charge on any atom is -0.399 e. The van der Waals surface area contributed by atoms with Crippen molar-refractivity contribution in [3.8, 4) is 0 Å². The molecule has 7 nitrogen and oxygen atoms in total. The van der Waals surface area contributed by atoms with E-state index >= 15 is 0 Å². The van der Waals surface area contributed by atoms with Gasteiger partial charge in [0.15, 0.2) is 11.5 Å². The lowest BCUT2D eigenvalue weighted by Gasteiger charge is -2.39. The topological polar surface area (TPSA) is 98.4 Å². The quantitative estimate of drug-likeness (QED) is 0.333. The van der Waals surface area contributed by atoms with Crippen LogP contribution in [-0.4, -0.2) is 32.4 Å². The highest BCUT2D eigenvalue weighted by Gasteiger charge is 2.40. The minimum absolute atomic E-state index is 0.333. The maximum Gasteiger partial charge on any atom is 0.157 e. The summed E-state index contributed by atoms with van der Waals surface area (Å²) < 4.78 is 2.15. The van der Waals surface area contributed by atoms with Gasteiger partial charge in [0.2, 0.25) is 0 Å². The number of rotatable bonds is 3. The molecule has 0 unspecified atom stereocenters. The van der Waals surface area contributed by atoms with E-state index in [1.807, 2.05) is 18.3 Å². The van der Waals surface area contributed by atoms with Crippen LogP contribution in [0.25, 0.3) is 16.8 Å². The molecule has 9 heteroatoms. The van der Waals surface area contributed by atoms with E-state index in [1.54, 1.807) is 18.0 Å². The summed E-state index contributed by atoms with van der Waals surface area (Å²) >= 11 is 7.93. The van der Waals surface area contributed by atoms with Gasteiger partial charge in [-0.2, -0.15) is 0 Å². The predicted octanol–water partition coefficient (Wildman–Crippen LogP) is 5.07. The van der Waals surface area contributed by atoms with Crippen LogP contribution in [0.4, 0.5) is 17.3 Å². The van der Waals surface area contributed by atoms with Crippen LogP contribution in [0, 0.1) is 5.41 Å². The third-order valence-corrected chi connectivity index (χ3v) is 9.24.